The number of likely N-dealkylation sites (tertiary alicyclic amines) is 1. The molecular weight excluding hydrogens is 236 g/mol. The van der Waals surface area contributed by atoms with E-state index in [4.69, 9.17) is 0 Å². The summed E-state index contributed by atoms with van der Waals surface area (Å²) in [6.07, 6.45) is 8.68. The molecule has 0 spiro atoms. The fourth-order valence-electron chi connectivity index (χ4n) is 3.57. The molecule has 1 amide bonds. The topological polar surface area (TPSA) is 32.3 Å². The van der Waals surface area contributed by atoms with Crippen molar-refractivity contribution in [3.05, 3.63) is 0 Å². The van der Waals surface area contributed by atoms with Gasteiger partial charge in [-0.05, 0) is 38.0 Å². The summed E-state index contributed by atoms with van der Waals surface area (Å²) in [5.41, 5.74) is 0.341. The molecule has 0 bridgehead atoms. The van der Waals surface area contributed by atoms with E-state index in [0.717, 1.165) is 13.1 Å². The molecule has 0 aromatic rings. The summed E-state index contributed by atoms with van der Waals surface area (Å²) >= 11 is 0. The lowest BCUT2D eigenvalue weighted by atomic mass is 9.87. The van der Waals surface area contributed by atoms with Gasteiger partial charge in [0.05, 0.1) is 6.04 Å². The third-order valence-corrected chi connectivity index (χ3v) is 5.00. The Labute approximate surface area is 118 Å². The maximum absolute atomic E-state index is 12.5. The average molecular weight is 266 g/mol. The van der Waals surface area contributed by atoms with Gasteiger partial charge in [0.25, 0.3) is 0 Å². The number of carbonyl (C=O) groups is 1. The fourth-order valence-corrected chi connectivity index (χ4v) is 3.57. The monoisotopic (exact) mass is 266 g/mol. The molecule has 19 heavy (non-hydrogen) atoms. The zero-order valence-electron chi connectivity index (χ0n) is 12.9. The fraction of sp³-hybridized carbons (Fsp3) is 0.938. The molecule has 1 aliphatic heterocycles. The Balaban J connectivity index is 1.88. The molecule has 1 N–H and O–H groups in total. The molecular formula is C16H30N2O. The van der Waals surface area contributed by atoms with Gasteiger partial charge in [-0.2, -0.15) is 0 Å². The van der Waals surface area contributed by atoms with Crippen LogP contribution in [-0.2, 0) is 4.79 Å². The van der Waals surface area contributed by atoms with Crippen LogP contribution in [0.25, 0.3) is 0 Å². The first kappa shape index (κ1) is 14.8. The van der Waals surface area contributed by atoms with Crippen molar-refractivity contribution in [3.8, 4) is 0 Å². The summed E-state index contributed by atoms with van der Waals surface area (Å²) in [4.78, 5) is 14.6. The van der Waals surface area contributed by atoms with Crippen molar-refractivity contribution in [2.75, 3.05) is 13.1 Å². The highest BCUT2D eigenvalue weighted by atomic mass is 16.2. The highest BCUT2D eigenvalue weighted by Crippen LogP contribution is 2.37. The molecule has 1 aliphatic carbocycles. The zero-order valence-corrected chi connectivity index (χ0v) is 12.9. The van der Waals surface area contributed by atoms with Gasteiger partial charge >= 0.3 is 0 Å². The van der Waals surface area contributed by atoms with E-state index in [9.17, 15) is 4.79 Å². The van der Waals surface area contributed by atoms with Crippen LogP contribution >= 0.6 is 0 Å². The van der Waals surface area contributed by atoms with Crippen molar-refractivity contribution in [1.82, 2.24) is 10.2 Å². The molecule has 0 aromatic carbocycles. The summed E-state index contributed by atoms with van der Waals surface area (Å²) in [7, 11) is 0. The van der Waals surface area contributed by atoms with Gasteiger partial charge in [0.15, 0.2) is 0 Å². The normalized spacial score (nSPS) is 29.0. The molecule has 3 nitrogen and oxygen atoms in total. The molecule has 1 heterocycles. The minimum absolute atomic E-state index is 0.0273. The van der Waals surface area contributed by atoms with Gasteiger partial charge in [-0.1, -0.05) is 33.1 Å². The van der Waals surface area contributed by atoms with Gasteiger partial charge < -0.3 is 10.2 Å². The van der Waals surface area contributed by atoms with Crippen LogP contribution in [0.1, 0.15) is 65.7 Å². The molecule has 2 rings (SSSR count). The number of hydrogen-bond acceptors (Lipinski definition) is 2. The van der Waals surface area contributed by atoms with Gasteiger partial charge in [-0.15, -0.1) is 0 Å². The molecule has 0 aromatic heterocycles. The van der Waals surface area contributed by atoms with Crippen LogP contribution in [0.5, 0.6) is 0 Å². The second kappa shape index (κ2) is 6.25. The van der Waals surface area contributed by atoms with Gasteiger partial charge in [0, 0.05) is 19.1 Å². The molecule has 3 heteroatoms. The summed E-state index contributed by atoms with van der Waals surface area (Å²) < 4.78 is 0. The van der Waals surface area contributed by atoms with E-state index in [1.54, 1.807) is 0 Å². The van der Waals surface area contributed by atoms with Crippen molar-refractivity contribution < 1.29 is 4.79 Å². The first-order chi connectivity index (χ1) is 9.00. The number of hydrogen-bond donors (Lipinski definition) is 1. The maximum atomic E-state index is 12.5. The van der Waals surface area contributed by atoms with Crippen LogP contribution in [0.2, 0.25) is 0 Å². The molecule has 1 saturated heterocycles. The van der Waals surface area contributed by atoms with E-state index in [-0.39, 0.29) is 6.04 Å². The maximum Gasteiger partial charge on any atom is 0.239 e. The van der Waals surface area contributed by atoms with Crippen LogP contribution in [0, 0.1) is 5.41 Å². The number of rotatable bonds is 3. The van der Waals surface area contributed by atoms with Crippen molar-refractivity contribution in [1.29, 1.82) is 0 Å². The first-order valence-electron chi connectivity index (χ1n) is 8.05. The van der Waals surface area contributed by atoms with E-state index in [2.05, 4.69) is 24.1 Å². The Bertz CT molecular complexity index is 306. The third-order valence-electron chi connectivity index (χ3n) is 5.00. The van der Waals surface area contributed by atoms with Crippen LogP contribution in [0.3, 0.4) is 0 Å². The lowest BCUT2D eigenvalue weighted by Gasteiger charge is -2.32. The Kier molecular flexibility index (Phi) is 4.88. The highest BCUT2D eigenvalue weighted by molar-refractivity contribution is 5.81. The smallest absolute Gasteiger partial charge is 0.239 e. The van der Waals surface area contributed by atoms with Crippen molar-refractivity contribution in [3.63, 3.8) is 0 Å². The van der Waals surface area contributed by atoms with E-state index in [1.165, 1.54) is 44.9 Å². The number of carbonyl (C=O) groups excluding carboxylic acids is 1. The van der Waals surface area contributed by atoms with Crippen LogP contribution in [0.15, 0.2) is 0 Å². The first-order valence-corrected chi connectivity index (χ1v) is 8.05. The highest BCUT2D eigenvalue weighted by Gasteiger charge is 2.36. The van der Waals surface area contributed by atoms with Gasteiger partial charge in [0.1, 0.15) is 0 Å². The Morgan fingerprint density at radius 3 is 2.32 bits per heavy atom. The van der Waals surface area contributed by atoms with E-state index in [0.29, 0.717) is 17.4 Å². The molecule has 2 unspecified atom stereocenters. The predicted octanol–water partition coefficient (Wildman–Crippen LogP) is 2.95. The lowest BCUT2D eigenvalue weighted by Crippen LogP contribution is -2.51. The Hall–Kier alpha value is -0.570. The second-order valence-corrected chi connectivity index (χ2v) is 7.06. The van der Waals surface area contributed by atoms with E-state index in [1.807, 2.05) is 6.92 Å². The number of nitrogens with one attached hydrogen (secondary N) is 1. The van der Waals surface area contributed by atoms with Crippen molar-refractivity contribution in [2.45, 2.75) is 77.8 Å². The Morgan fingerprint density at radius 1 is 1.16 bits per heavy atom. The lowest BCUT2D eigenvalue weighted by molar-refractivity contribution is -0.133. The van der Waals surface area contributed by atoms with Gasteiger partial charge in [-0.25, -0.2) is 0 Å². The summed E-state index contributed by atoms with van der Waals surface area (Å²) in [5.74, 6) is 0.310. The van der Waals surface area contributed by atoms with Gasteiger partial charge in [-0.3, -0.25) is 4.79 Å². The number of nitrogens with zero attached hydrogens (tertiary/aromatic N) is 1. The van der Waals surface area contributed by atoms with E-state index < -0.39 is 0 Å². The SMILES string of the molecule is CC(NC1CCCC1(C)C)C(=O)N1CCCCCC1. The predicted molar refractivity (Wildman–Crippen MR) is 79.1 cm³/mol. The summed E-state index contributed by atoms with van der Waals surface area (Å²) in [6, 6.07) is 0.471. The number of amides is 1. The van der Waals surface area contributed by atoms with E-state index >= 15 is 0 Å². The molecule has 2 aliphatic rings. The summed E-state index contributed by atoms with van der Waals surface area (Å²) in [5, 5.41) is 3.60. The molecule has 2 atom stereocenters. The van der Waals surface area contributed by atoms with Crippen molar-refractivity contribution >= 4 is 5.91 Å². The summed E-state index contributed by atoms with van der Waals surface area (Å²) in [6.45, 7) is 8.60. The minimum atomic E-state index is -0.0273. The molecule has 110 valence electrons. The Morgan fingerprint density at radius 2 is 1.79 bits per heavy atom. The molecule has 2 fully saturated rings. The second-order valence-electron chi connectivity index (χ2n) is 7.06. The largest absolute Gasteiger partial charge is 0.341 e. The van der Waals surface area contributed by atoms with Crippen LogP contribution in [0.4, 0.5) is 0 Å². The molecule has 1 saturated carbocycles. The van der Waals surface area contributed by atoms with Crippen molar-refractivity contribution in [2.24, 2.45) is 5.41 Å². The average Bonchev–Trinajstić information content (AvgIpc) is 2.60. The zero-order chi connectivity index (χ0) is 13.9. The quantitative estimate of drug-likeness (QED) is 0.852. The minimum Gasteiger partial charge on any atom is -0.341 e. The van der Waals surface area contributed by atoms with Crippen LogP contribution < -0.4 is 5.32 Å². The molecule has 0 radical (unpaired) electrons. The van der Waals surface area contributed by atoms with Gasteiger partial charge in [0.2, 0.25) is 5.91 Å². The third kappa shape index (κ3) is 3.71. The van der Waals surface area contributed by atoms with Crippen LogP contribution in [-0.4, -0.2) is 36.0 Å². The standard InChI is InChI=1S/C16H30N2O/c1-13(17-14-9-8-10-16(14,2)3)15(19)18-11-6-4-5-7-12-18/h13-14,17H,4-12H2,1-3H3.